The summed E-state index contributed by atoms with van der Waals surface area (Å²) in [6, 6.07) is 0.109. The van der Waals surface area contributed by atoms with Crippen LogP contribution in [0.25, 0.3) is 0 Å². The lowest BCUT2D eigenvalue weighted by Gasteiger charge is -2.59. The zero-order valence-corrected chi connectivity index (χ0v) is 20.8. The van der Waals surface area contributed by atoms with E-state index >= 15 is 0 Å². The number of hydrogen-bond donors (Lipinski definition) is 1. The van der Waals surface area contributed by atoms with Gasteiger partial charge >= 0.3 is 5.69 Å². The van der Waals surface area contributed by atoms with Gasteiger partial charge in [-0.15, -0.1) is 0 Å². The summed E-state index contributed by atoms with van der Waals surface area (Å²) in [5.74, 6) is 2.96. The van der Waals surface area contributed by atoms with Gasteiger partial charge in [-0.2, -0.15) is 5.10 Å². The van der Waals surface area contributed by atoms with Crippen LogP contribution in [0.4, 0.5) is 0 Å². The Morgan fingerprint density at radius 2 is 1.67 bits per heavy atom. The summed E-state index contributed by atoms with van der Waals surface area (Å²) in [5, 5.41) is 7.72. The Morgan fingerprint density at radius 3 is 2.18 bits per heavy atom. The topological polar surface area (TPSA) is 106 Å². The quantitative estimate of drug-likeness (QED) is 0.665. The molecule has 0 aromatic carbocycles. The van der Waals surface area contributed by atoms with Gasteiger partial charge in [0, 0.05) is 32.1 Å². The molecule has 4 bridgehead atoms. The van der Waals surface area contributed by atoms with Crippen LogP contribution in [0.3, 0.4) is 0 Å². The van der Waals surface area contributed by atoms with Crippen LogP contribution in [-0.4, -0.2) is 58.4 Å². The maximum absolute atomic E-state index is 12.9. The second-order valence-corrected chi connectivity index (χ2v) is 13.3. The van der Waals surface area contributed by atoms with E-state index in [0.29, 0.717) is 31.8 Å². The highest BCUT2D eigenvalue weighted by Gasteiger charge is 2.53. The molecule has 4 aliphatic carbocycles. The maximum atomic E-state index is 12.9. The van der Waals surface area contributed by atoms with Crippen LogP contribution in [-0.2, 0) is 28.4 Å². The zero-order chi connectivity index (χ0) is 23.5. The third-order valence-corrected chi connectivity index (χ3v) is 10.3. The molecule has 0 spiro atoms. The molecule has 1 aromatic heterocycles. The minimum Gasteiger partial charge on any atom is -0.351 e. The molecule has 5 aliphatic rings. The van der Waals surface area contributed by atoms with E-state index in [0.717, 1.165) is 17.8 Å². The van der Waals surface area contributed by atoms with Gasteiger partial charge in [0.15, 0.2) is 0 Å². The fourth-order valence-electron chi connectivity index (χ4n) is 7.69. The maximum Gasteiger partial charge on any atom is 0.346 e. The van der Waals surface area contributed by atoms with Gasteiger partial charge in [-0.05, 0) is 81.5 Å². The van der Waals surface area contributed by atoms with Gasteiger partial charge in [0.25, 0.3) is 0 Å². The van der Waals surface area contributed by atoms with Gasteiger partial charge in [-0.1, -0.05) is 0 Å². The van der Waals surface area contributed by atoms with Crippen LogP contribution in [0.2, 0.25) is 0 Å². The monoisotopic (exact) mass is 479 g/mol. The summed E-state index contributed by atoms with van der Waals surface area (Å²) in [6.45, 7) is 2.92. The molecule has 184 valence electrons. The first kappa shape index (κ1) is 23.1. The predicted molar refractivity (Wildman–Crippen MR) is 124 cm³/mol. The Bertz CT molecular complexity index is 1050. The largest absolute Gasteiger partial charge is 0.351 e. The molecule has 6 rings (SSSR count). The fraction of sp³-hybridized carbons (Fsp3) is 0.870. The first-order chi connectivity index (χ1) is 15.5. The second kappa shape index (κ2) is 8.22. The highest BCUT2D eigenvalue weighted by atomic mass is 32.2. The van der Waals surface area contributed by atoms with Crippen LogP contribution in [0.15, 0.2) is 4.79 Å². The Hall–Kier alpha value is -1.68. The number of sulfonamides is 1. The summed E-state index contributed by atoms with van der Waals surface area (Å²) in [5.41, 5.74) is -0.0775. The standard InChI is InChI=1S/C23H37N5O4S/c1-15(23-11-16-8-17(12-23)10-18(9-16)13-23)24-20(29)14-28-22(30)26(2)21(25-28)19-4-6-27(7-5-19)33(3,31)32/h15-19H,4-14H2,1-3H3,(H,24,29). The van der Waals surface area contributed by atoms with Crippen molar-refractivity contribution in [2.24, 2.45) is 30.2 Å². The molecule has 33 heavy (non-hydrogen) atoms. The van der Waals surface area contributed by atoms with E-state index < -0.39 is 10.0 Å². The fourth-order valence-corrected chi connectivity index (χ4v) is 8.57. The summed E-state index contributed by atoms with van der Waals surface area (Å²) in [4.78, 5) is 25.7. The molecule has 4 saturated carbocycles. The predicted octanol–water partition coefficient (Wildman–Crippen LogP) is 1.44. The molecule has 1 saturated heterocycles. The lowest BCUT2D eigenvalue weighted by atomic mass is 9.48. The number of carbonyl (C=O) groups excluding carboxylic acids is 1. The first-order valence-corrected chi connectivity index (χ1v) is 14.3. The molecule has 2 heterocycles. The van der Waals surface area contributed by atoms with Crippen molar-refractivity contribution >= 4 is 15.9 Å². The van der Waals surface area contributed by atoms with Gasteiger partial charge in [0.2, 0.25) is 15.9 Å². The van der Waals surface area contributed by atoms with E-state index in [9.17, 15) is 18.0 Å². The van der Waals surface area contributed by atoms with E-state index in [1.165, 1.54) is 58.3 Å². The number of amides is 1. The zero-order valence-electron chi connectivity index (χ0n) is 20.0. The molecule has 1 N–H and O–H groups in total. The number of rotatable bonds is 6. The number of carbonyl (C=O) groups is 1. The molecule has 1 unspecified atom stereocenters. The van der Waals surface area contributed by atoms with Gasteiger partial charge in [0.1, 0.15) is 12.4 Å². The minimum absolute atomic E-state index is 0.0101. The van der Waals surface area contributed by atoms with E-state index in [4.69, 9.17) is 0 Å². The first-order valence-electron chi connectivity index (χ1n) is 12.4. The molecule has 10 heteroatoms. The van der Waals surface area contributed by atoms with Gasteiger partial charge in [0.05, 0.1) is 6.26 Å². The van der Waals surface area contributed by atoms with Crippen LogP contribution in [0.5, 0.6) is 0 Å². The van der Waals surface area contributed by atoms with Crippen molar-refractivity contribution in [3.8, 4) is 0 Å². The summed E-state index contributed by atoms with van der Waals surface area (Å²) in [7, 11) is -1.52. The van der Waals surface area contributed by atoms with Crippen LogP contribution in [0.1, 0.15) is 70.0 Å². The lowest BCUT2D eigenvalue weighted by molar-refractivity contribution is -0.126. The van der Waals surface area contributed by atoms with E-state index in [2.05, 4.69) is 17.3 Å². The smallest absolute Gasteiger partial charge is 0.346 e. The van der Waals surface area contributed by atoms with Crippen LogP contribution >= 0.6 is 0 Å². The minimum atomic E-state index is -3.20. The van der Waals surface area contributed by atoms with E-state index in [-0.39, 0.29) is 35.5 Å². The van der Waals surface area contributed by atoms with Crippen molar-refractivity contribution in [1.82, 2.24) is 24.0 Å². The van der Waals surface area contributed by atoms with Crippen LogP contribution in [0, 0.1) is 23.2 Å². The summed E-state index contributed by atoms with van der Waals surface area (Å²) >= 11 is 0. The van der Waals surface area contributed by atoms with Gasteiger partial charge in [-0.3, -0.25) is 9.36 Å². The Morgan fingerprint density at radius 1 is 1.12 bits per heavy atom. The molecule has 1 aromatic rings. The summed E-state index contributed by atoms with van der Waals surface area (Å²) < 4.78 is 27.8. The van der Waals surface area contributed by atoms with Crippen molar-refractivity contribution in [2.45, 2.75) is 76.8 Å². The van der Waals surface area contributed by atoms with Crippen molar-refractivity contribution in [1.29, 1.82) is 0 Å². The molecule has 9 nitrogen and oxygen atoms in total. The van der Waals surface area contributed by atoms with Gasteiger partial charge in [-0.25, -0.2) is 22.2 Å². The molecular formula is C23H37N5O4S. The van der Waals surface area contributed by atoms with Crippen molar-refractivity contribution in [3.63, 3.8) is 0 Å². The second-order valence-electron chi connectivity index (χ2n) is 11.4. The average Bonchev–Trinajstić information content (AvgIpc) is 3.00. The molecule has 5 fully saturated rings. The van der Waals surface area contributed by atoms with Crippen molar-refractivity contribution in [2.75, 3.05) is 19.3 Å². The molecule has 1 amide bonds. The average molecular weight is 480 g/mol. The number of piperidine rings is 1. The highest BCUT2D eigenvalue weighted by molar-refractivity contribution is 7.88. The lowest BCUT2D eigenvalue weighted by Crippen LogP contribution is -2.56. The number of nitrogens with zero attached hydrogens (tertiary/aromatic N) is 4. The molecule has 1 aliphatic heterocycles. The van der Waals surface area contributed by atoms with Crippen molar-refractivity contribution in [3.05, 3.63) is 16.3 Å². The molecule has 0 radical (unpaired) electrons. The molecule has 1 atom stereocenters. The Kier molecular flexibility index (Phi) is 5.75. The van der Waals surface area contributed by atoms with E-state index in [1.807, 2.05) is 0 Å². The Labute approximate surface area is 196 Å². The molecular weight excluding hydrogens is 442 g/mol. The third kappa shape index (κ3) is 4.29. The van der Waals surface area contributed by atoms with Gasteiger partial charge < -0.3 is 5.32 Å². The number of aromatic nitrogens is 3. The normalized spacial score (nSPS) is 33.4. The Balaban J connectivity index is 1.23. The SMILES string of the molecule is CC(NC(=O)Cn1nc(C2CCN(S(C)(=O)=O)CC2)n(C)c1=O)C12CC3CC(CC(C3)C1)C2. The summed E-state index contributed by atoms with van der Waals surface area (Å²) in [6.07, 6.45) is 10.2. The highest BCUT2D eigenvalue weighted by Crippen LogP contribution is 2.61. The van der Waals surface area contributed by atoms with Crippen LogP contribution < -0.4 is 11.0 Å². The van der Waals surface area contributed by atoms with E-state index in [1.54, 1.807) is 7.05 Å². The number of hydrogen-bond acceptors (Lipinski definition) is 5. The third-order valence-electron chi connectivity index (χ3n) is 9.04. The number of nitrogens with one attached hydrogen (secondary N) is 1. The van der Waals surface area contributed by atoms with Crippen molar-refractivity contribution < 1.29 is 13.2 Å².